The van der Waals surface area contributed by atoms with E-state index in [-0.39, 0.29) is 6.61 Å². The Balaban J connectivity index is 1.88. The minimum atomic E-state index is -0.00294. The van der Waals surface area contributed by atoms with Gasteiger partial charge in [0, 0.05) is 0 Å². The van der Waals surface area contributed by atoms with Crippen LogP contribution in [-0.4, -0.2) is 23.1 Å². The molecule has 0 aromatic carbocycles. The molecular formula is C13H21NO2. The summed E-state index contributed by atoms with van der Waals surface area (Å²) in [6.07, 6.45) is 3.92. The first-order chi connectivity index (χ1) is 7.78. The van der Waals surface area contributed by atoms with Crippen LogP contribution in [0.25, 0.3) is 0 Å². The van der Waals surface area contributed by atoms with Crippen LogP contribution in [0, 0.1) is 5.92 Å². The summed E-state index contributed by atoms with van der Waals surface area (Å²) in [6.45, 7) is 5.54. The Morgan fingerprint density at radius 1 is 1.31 bits per heavy atom. The first kappa shape index (κ1) is 11.7. The van der Waals surface area contributed by atoms with E-state index in [0.29, 0.717) is 5.76 Å². The number of rotatable bonds is 3. The van der Waals surface area contributed by atoms with Crippen LogP contribution < -0.4 is 0 Å². The highest BCUT2D eigenvalue weighted by Gasteiger charge is 2.15. The molecule has 3 nitrogen and oxygen atoms in total. The molecule has 1 aromatic rings. The predicted octanol–water partition coefficient (Wildman–Crippen LogP) is 2.39. The second-order valence-corrected chi connectivity index (χ2v) is 4.84. The largest absolute Gasteiger partial charge is 0.462 e. The van der Waals surface area contributed by atoms with Crippen molar-refractivity contribution in [3.8, 4) is 0 Å². The second-order valence-electron chi connectivity index (χ2n) is 4.84. The van der Waals surface area contributed by atoms with Gasteiger partial charge in [-0.25, -0.2) is 0 Å². The number of nitrogens with zero attached hydrogens (tertiary/aromatic N) is 1. The van der Waals surface area contributed by atoms with Crippen molar-refractivity contribution in [3.63, 3.8) is 0 Å². The molecule has 0 spiro atoms. The van der Waals surface area contributed by atoms with Gasteiger partial charge < -0.3 is 9.52 Å². The van der Waals surface area contributed by atoms with E-state index in [1.54, 1.807) is 0 Å². The Labute approximate surface area is 97.1 Å². The van der Waals surface area contributed by atoms with E-state index in [1.807, 2.05) is 12.1 Å². The number of aliphatic hydroxyl groups excluding tert-OH is 1. The second kappa shape index (κ2) is 5.51. The Kier molecular flexibility index (Phi) is 4.02. The van der Waals surface area contributed by atoms with Crippen molar-refractivity contribution in [1.82, 2.24) is 4.90 Å². The molecule has 1 unspecified atom stereocenters. The normalized spacial score (nSPS) is 23.2. The zero-order valence-electron chi connectivity index (χ0n) is 9.98. The van der Waals surface area contributed by atoms with E-state index in [9.17, 15) is 0 Å². The summed E-state index contributed by atoms with van der Waals surface area (Å²) < 4.78 is 5.51. The van der Waals surface area contributed by atoms with Gasteiger partial charge in [-0.15, -0.1) is 0 Å². The Bertz CT molecular complexity index is 321. The van der Waals surface area contributed by atoms with Gasteiger partial charge in [-0.3, -0.25) is 4.90 Å². The summed E-state index contributed by atoms with van der Waals surface area (Å²) in [5.74, 6) is 2.49. The van der Waals surface area contributed by atoms with Crippen LogP contribution in [0.15, 0.2) is 16.5 Å². The molecule has 1 atom stereocenters. The lowest BCUT2D eigenvalue weighted by Crippen LogP contribution is -2.23. The zero-order chi connectivity index (χ0) is 11.4. The summed E-state index contributed by atoms with van der Waals surface area (Å²) in [6, 6.07) is 3.83. The predicted molar refractivity (Wildman–Crippen MR) is 62.9 cm³/mol. The van der Waals surface area contributed by atoms with Crippen LogP contribution in [0.4, 0.5) is 0 Å². The highest BCUT2D eigenvalue weighted by molar-refractivity contribution is 5.06. The fourth-order valence-electron chi connectivity index (χ4n) is 2.29. The number of hydrogen-bond acceptors (Lipinski definition) is 3. The van der Waals surface area contributed by atoms with Crippen LogP contribution in [0.5, 0.6) is 0 Å². The molecule has 0 saturated carbocycles. The van der Waals surface area contributed by atoms with E-state index >= 15 is 0 Å². The molecule has 0 radical (unpaired) electrons. The molecule has 1 saturated heterocycles. The van der Waals surface area contributed by atoms with Crippen LogP contribution in [0.2, 0.25) is 0 Å². The van der Waals surface area contributed by atoms with Crippen LogP contribution in [0.1, 0.15) is 37.7 Å². The molecule has 3 heteroatoms. The minimum absolute atomic E-state index is 0.00294. The van der Waals surface area contributed by atoms with Crippen molar-refractivity contribution in [1.29, 1.82) is 0 Å². The van der Waals surface area contributed by atoms with Gasteiger partial charge in [-0.05, 0) is 50.4 Å². The fourth-order valence-corrected chi connectivity index (χ4v) is 2.29. The SMILES string of the molecule is CC1CCCN(Cc2ccc(CO)o2)CC1. The standard InChI is InChI=1S/C13H21NO2/c1-11-3-2-7-14(8-6-11)9-12-4-5-13(10-15)16-12/h4-5,11,15H,2-3,6-10H2,1H3. The maximum absolute atomic E-state index is 8.93. The van der Waals surface area contributed by atoms with Gasteiger partial charge in [0.2, 0.25) is 0 Å². The highest BCUT2D eigenvalue weighted by atomic mass is 16.4. The summed E-state index contributed by atoms with van der Waals surface area (Å²) in [7, 11) is 0. The average Bonchev–Trinajstić information content (AvgIpc) is 2.63. The first-order valence-electron chi connectivity index (χ1n) is 6.18. The quantitative estimate of drug-likeness (QED) is 0.854. The number of likely N-dealkylation sites (tertiary alicyclic amines) is 1. The maximum Gasteiger partial charge on any atom is 0.129 e. The van der Waals surface area contributed by atoms with E-state index in [0.717, 1.165) is 24.8 Å². The molecule has 16 heavy (non-hydrogen) atoms. The first-order valence-corrected chi connectivity index (χ1v) is 6.18. The van der Waals surface area contributed by atoms with Crippen molar-refractivity contribution in [2.75, 3.05) is 13.1 Å². The van der Waals surface area contributed by atoms with Gasteiger partial charge in [-0.1, -0.05) is 6.92 Å². The molecule has 0 bridgehead atoms. The van der Waals surface area contributed by atoms with Crippen LogP contribution in [0.3, 0.4) is 0 Å². The zero-order valence-corrected chi connectivity index (χ0v) is 9.98. The van der Waals surface area contributed by atoms with Crippen LogP contribution in [-0.2, 0) is 13.2 Å². The van der Waals surface area contributed by atoms with Gasteiger partial charge in [0.05, 0.1) is 6.54 Å². The molecule has 1 aliphatic rings. The lowest BCUT2D eigenvalue weighted by atomic mass is 10.0. The Morgan fingerprint density at radius 2 is 2.12 bits per heavy atom. The van der Waals surface area contributed by atoms with Crippen molar-refractivity contribution >= 4 is 0 Å². The van der Waals surface area contributed by atoms with Gasteiger partial charge in [0.15, 0.2) is 0 Å². The number of hydrogen-bond donors (Lipinski definition) is 1. The molecule has 1 fully saturated rings. The van der Waals surface area contributed by atoms with E-state index in [2.05, 4.69) is 11.8 Å². The molecule has 2 heterocycles. The Hall–Kier alpha value is -0.800. The topological polar surface area (TPSA) is 36.6 Å². The molecule has 90 valence electrons. The minimum Gasteiger partial charge on any atom is -0.462 e. The summed E-state index contributed by atoms with van der Waals surface area (Å²) in [4.78, 5) is 2.45. The van der Waals surface area contributed by atoms with E-state index < -0.39 is 0 Å². The molecule has 2 rings (SSSR count). The number of furan rings is 1. The van der Waals surface area contributed by atoms with E-state index in [1.165, 1.54) is 25.8 Å². The van der Waals surface area contributed by atoms with Crippen molar-refractivity contribution in [2.24, 2.45) is 5.92 Å². The smallest absolute Gasteiger partial charge is 0.129 e. The number of aliphatic hydroxyl groups is 1. The van der Waals surface area contributed by atoms with Gasteiger partial charge in [-0.2, -0.15) is 0 Å². The molecule has 1 aromatic heterocycles. The average molecular weight is 223 g/mol. The third kappa shape index (κ3) is 3.09. The van der Waals surface area contributed by atoms with Crippen LogP contribution >= 0.6 is 0 Å². The summed E-state index contributed by atoms with van der Waals surface area (Å²) >= 11 is 0. The molecule has 0 amide bonds. The highest BCUT2D eigenvalue weighted by Crippen LogP contribution is 2.19. The van der Waals surface area contributed by atoms with Crippen molar-refractivity contribution in [2.45, 2.75) is 39.3 Å². The molecule has 0 aliphatic carbocycles. The van der Waals surface area contributed by atoms with Crippen molar-refractivity contribution < 1.29 is 9.52 Å². The molecule has 1 aliphatic heterocycles. The molecular weight excluding hydrogens is 202 g/mol. The maximum atomic E-state index is 8.93. The monoisotopic (exact) mass is 223 g/mol. The third-order valence-corrected chi connectivity index (χ3v) is 3.36. The molecule has 1 N–H and O–H groups in total. The lowest BCUT2D eigenvalue weighted by molar-refractivity contribution is 0.221. The van der Waals surface area contributed by atoms with Crippen molar-refractivity contribution in [3.05, 3.63) is 23.7 Å². The Morgan fingerprint density at radius 3 is 2.88 bits per heavy atom. The van der Waals surface area contributed by atoms with Gasteiger partial charge in [0.1, 0.15) is 18.1 Å². The third-order valence-electron chi connectivity index (χ3n) is 3.36. The van der Waals surface area contributed by atoms with Gasteiger partial charge in [0.25, 0.3) is 0 Å². The fraction of sp³-hybridized carbons (Fsp3) is 0.692. The lowest BCUT2D eigenvalue weighted by Gasteiger charge is -2.18. The summed E-state index contributed by atoms with van der Waals surface area (Å²) in [5, 5.41) is 8.93. The summed E-state index contributed by atoms with van der Waals surface area (Å²) in [5.41, 5.74) is 0. The van der Waals surface area contributed by atoms with E-state index in [4.69, 9.17) is 9.52 Å². The van der Waals surface area contributed by atoms with Gasteiger partial charge >= 0.3 is 0 Å².